The van der Waals surface area contributed by atoms with Crippen LogP contribution < -0.4 is 5.32 Å². The van der Waals surface area contributed by atoms with Gasteiger partial charge in [-0.3, -0.25) is 0 Å². The highest BCUT2D eigenvalue weighted by molar-refractivity contribution is 7.98. The zero-order valence-corrected chi connectivity index (χ0v) is 11.4. The first-order valence-corrected chi connectivity index (χ1v) is 7.80. The van der Waals surface area contributed by atoms with Crippen molar-refractivity contribution in [2.45, 2.75) is 43.5 Å². The van der Waals surface area contributed by atoms with Gasteiger partial charge in [0.15, 0.2) is 5.16 Å². The lowest BCUT2D eigenvalue weighted by Gasteiger charge is -2.24. The molecule has 5 heteroatoms. The third kappa shape index (κ3) is 2.21. The molecule has 0 spiro atoms. The number of hydrogen-bond acceptors (Lipinski definition) is 5. The van der Waals surface area contributed by atoms with Gasteiger partial charge in [-0.15, -0.1) is 0 Å². The molecule has 0 amide bonds. The minimum Gasteiger partial charge on any atom is -0.391 e. The van der Waals surface area contributed by atoms with Crippen LogP contribution in [-0.2, 0) is 6.61 Å². The maximum absolute atomic E-state index is 9.36. The van der Waals surface area contributed by atoms with Crippen LogP contribution in [0.5, 0.6) is 0 Å². The van der Waals surface area contributed by atoms with Gasteiger partial charge in [0.2, 0.25) is 0 Å². The number of hydrogen-bond donors (Lipinski definition) is 2. The molecule has 0 saturated heterocycles. The Balaban J connectivity index is 1.78. The molecule has 1 heterocycles. The van der Waals surface area contributed by atoms with Gasteiger partial charge in [-0.25, -0.2) is 9.97 Å². The number of anilines is 1. The van der Waals surface area contributed by atoms with Crippen LogP contribution >= 0.6 is 11.8 Å². The second-order valence-electron chi connectivity index (χ2n) is 5.31. The van der Waals surface area contributed by atoms with Crippen LogP contribution in [0, 0.1) is 11.8 Å². The van der Waals surface area contributed by atoms with E-state index in [9.17, 15) is 5.11 Å². The van der Waals surface area contributed by atoms with E-state index in [1.165, 1.54) is 37.4 Å². The molecule has 2 fully saturated rings. The van der Waals surface area contributed by atoms with Crippen molar-refractivity contribution in [1.82, 2.24) is 9.97 Å². The Morgan fingerprint density at radius 1 is 1.44 bits per heavy atom. The zero-order valence-electron chi connectivity index (χ0n) is 10.6. The monoisotopic (exact) mass is 265 g/mol. The summed E-state index contributed by atoms with van der Waals surface area (Å²) < 4.78 is 0. The van der Waals surface area contributed by atoms with Crippen molar-refractivity contribution < 1.29 is 5.11 Å². The first kappa shape index (κ1) is 12.2. The van der Waals surface area contributed by atoms with Crippen LogP contribution in [0.1, 0.15) is 31.2 Å². The SMILES string of the molecule is CSc1ncc(CO)c(NC2CC3CCC2C3)n1. The number of fused-ring (bicyclic) bond motifs is 2. The summed E-state index contributed by atoms with van der Waals surface area (Å²) in [7, 11) is 0. The second kappa shape index (κ2) is 5.05. The van der Waals surface area contributed by atoms with Crippen LogP contribution in [-0.4, -0.2) is 27.4 Å². The van der Waals surface area contributed by atoms with Gasteiger partial charge in [0.1, 0.15) is 5.82 Å². The van der Waals surface area contributed by atoms with E-state index in [0.717, 1.165) is 28.4 Å². The predicted molar refractivity (Wildman–Crippen MR) is 72.6 cm³/mol. The van der Waals surface area contributed by atoms with Crippen molar-refractivity contribution in [1.29, 1.82) is 0 Å². The topological polar surface area (TPSA) is 58.0 Å². The lowest BCUT2D eigenvalue weighted by Crippen LogP contribution is -2.27. The highest BCUT2D eigenvalue weighted by Gasteiger charge is 2.39. The van der Waals surface area contributed by atoms with Crippen molar-refractivity contribution >= 4 is 17.6 Å². The van der Waals surface area contributed by atoms with E-state index in [0.29, 0.717) is 6.04 Å². The number of aliphatic hydroxyl groups is 1. The highest BCUT2D eigenvalue weighted by Crippen LogP contribution is 2.45. The number of nitrogens with one attached hydrogen (secondary N) is 1. The molecular formula is C13H19N3OS. The maximum atomic E-state index is 9.36. The molecule has 2 N–H and O–H groups in total. The average Bonchev–Trinajstić information content (AvgIpc) is 3.01. The number of aromatic nitrogens is 2. The standard InChI is InChI=1S/C13H19N3OS/c1-18-13-14-6-10(7-17)12(16-13)15-11-5-8-2-3-9(11)4-8/h6,8-9,11,17H,2-5,7H2,1H3,(H,14,15,16). The Bertz CT molecular complexity index is 440. The fourth-order valence-corrected chi connectivity index (χ4v) is 3.67. The predicted octanol–water partition coefficient (Wildman–Crippen LogP) is 2.29. The molecular weight excluding hydrogens is 246 g/mol. The van der Waals surface area contributed by atoms with Gasteiger partial charge >= 0.3 is 0 Å². The van der Waals surface area contributed by atoms with Gasteiger partial charge in [0.25, 0.3) is 0 Å². The first-order chi connectivity index (χ1) is 8.80. The van der Waals surface area contributed by atoms with Gasteiger partial charge in [0.05, 0.1) is 6.61 Å². The van der Waals surface area contributed by atoms with Gasteiger partial charge < -0.3 is 10.4 Å². The summed E-state index contributed by atoms with van der Waals surface area (Å²) in [5.41, 5.74) is 0.801. The molecule has 1 aromatic heterocycles. The Hall–Kier alpha value is -0.810. The molecule has 2 aliphatic rings. The van der Waals surface area contributed by atoms with Crippen LogP contribution in [0.2, 0.25) is 0 Å². The second-order valence-corrected chi connectivity index (χ2v) is 6.09. The molecule has 98 valence electrons. The fourth-order valence-electron chi connectivity index (χ4n) is 3.33. The lowest BCUT2D eigenvalue weighted by atomic mass is 9.95. The van der Waals surface area contributed by atoms with Gasteiger partial charge in [-0.1, -0.05) is 18.2 Å². The van der Waals surface area contributed by atoms with Crippen LogP contribution in [0.3, 0.4) is 0 Å². The minimum atomic E-state index is -0.00217. The maximum Gasteiger partial charge on any atom is 0.189 e. The van der Waals surface area contributed by atoms with Gasteiger partial charge in [0, 0.05) is 17.8 Å². The molecule has 2 aliphatic carbocycles. The number of rotatable bonds is 4. The van der Waals surface area contributed by atoms with E-state index in [1.54, 1.807) is 6.20 Å². The lowest BCUT2D eigenvalue weighted by molar-refractivity contribution is 0.281. The Labute approximate surface area is 112 Å². The quantitative estimate of drug-likeness (QED) is 0.646. The summed E-state index contributed by atoms with van der Waals surface area (Å²) >= 11 is 1.53. The number of thioether (sulfide) groups is 1. The van der Waals surface area contributed by atoms with Crippen molar-refractivity contribution in [2.24, 2.45) is 11.8 Å². The minimum absolute atomic E-state index is 0.00217. The number of nitrogens with zero attached hydrogens (tertiary/aromatic N) is 2. The molecule has 0 aromatic carbocycles. The molecule has 0 radical (unpaired) electrons. The highest BCUT2D eigenvalue weighted by atomic mass is 32.2. The third-order valence-electron chi connectivity index (χ3n) is 4.26. The van der Waals surface area contributed by atoms with Crippen LogP contribution in [0.15, 0.2) is 11.4 Å². The van der Waals surface area contributed by atoms with Crippen molar-refractivity contribution in [2.75, 3.05) is 11.6 Å². The summed E-state index contributed by atoms with van der Waals surface area (Å²) in [4.78, 5) is 8.69. The third-order valence-corrected chi connectivity index (χ3v) is 4.82. The van der Waals surface area contributed by atoms with Crippen LogP contribution in [0.25, 0.3) is 0 Å². The summed E-state index contributed by atoms with van der Waals surface area (Å²) in [6.07, 6.45) is 9.07. The molecule has 18 heavy (non-hydrogen) atoms. The molecule has 4 nitrogen and oxygen atoms in total. The normalized spacial score (nSPS) is 29.8. The number of aliphatic hydroxyl groups excluding tert-OH is 1. The van der Waals surface area contributed by atoms with Crippen LogP contribution in [0.4, 0.5) is 5.82 Å². The molecule has 3 atom stereocenters. The molecule has 3 rings (SSSR count). The summed E-state index contributed by atoms with van der Waals surface area (Å²) in [5.74, 6) is 2.54. The largest absolute Gasteiger partial charge is 0.391 e. The van der Waals surface area contributed by atoms with E-state index in [2.05, 4.69) is 15.3 Å². The average molecular weight is 265 g/mol. The summed E-state index contributed by atoms with van der Waals surface area (Å²) in [5, 5.41) is 13.7. The van der Waals surface area contributed by atoms with E-state index < -0.39 is 0 Å². The van der Waals surface area contributed by atoms with Crippen molar-refractivity contribution in [3.8, 4) is 0 Å². The summed E-state index contributed by atoms with van der Waals surface area (Å²) in [6, 6.07) is 0.540. The Morgan fingerprint density at radius 3 is 2.94 bits per heavy atom. The molecule has 2 bridgehead atoms. The van der Waals surface area contributed by atoms with Gasteiger partial charge in [-0.05, 0) is 37.4 Å². The molecule has 3 unspecified atom stereocenters. The van der Waals surface area contributed by atoms with Crippen molar-refractivity contribution in [3.05, 3.63) is 11.8 Å². The molecule has 2 saturated carbocycles. The zero-order chi connectivity index (χ0) is 12.5. The Kier molecular flexibility index (Phi) is 3.43. The van der Waals surface area contributed by atoms with E-state index in [-0.39, 0.29) is 6.61 Å². The van der Waals surface area contributed by atoms with E-state index in [4.69, 9.17) is 0 Å². The van der Waals surface area contributed by atoms with Crippen molar-refractivity contribution in [3.63, 3.8) is 0 Å². The van der Waals surface area contributed by atoms with E-state index in [1.807, 2.05) is 6.26 Å². The summed E-state index contributed by atoms with van der Waals surface area (Å²) in [6.45, 7) is -0.00217. The smallest absolute Gasteiger partial charge is 0.189 e. The van der Waals surface area contributed by atoms with E-state index >= 15 is 0 Å². The first-order valence-electron chi connectivity index (χ1n) is 6.57. The molecule has 0 aliphatic heterocycles. The fraction of sp³-hybridized carbons (Fsp3) is 0.692. The van der Waals surface area contributed by atoms with Gasteiger partial charge in [-0.2, -0.15) is 0 Å². The molecule has 1 aromatic rings. The Morgan fingerprint density at radius 2 is 2.33 bits per heavy atom.